The molecule has 1 aromatic carbocycles. The molecule has 19 heavy (non-hydrogen) atoms. The zero-order valence-corrected chi connectivity index (χ0v) is 10.2. The summed E-state index contributed by atoms with van der Waals surface area (Å²) in [5, 5.41) is 0. The van der Waals surface area contributed by atoms with Crippen molar-refractivity contribution in [1.82, 2.24) is 9.97 Å². The summed E-state index contributed by atoms with van der Waals surface area (Å²) >= 11 is 0. The minimum absolute atomic E-state index is 0.120. The van der Waals surface area contributed by atoms with Gasteiger partial charge < -0.3 is 5.73 Å². The molecule has 0 spiro atoms. The molecule has 0 amide bonds. The number of nitrogens with two attached hydrogens (primary N) is 1. The largest absolute Gasteiger partial charge is 0.416 e. The molecule has 0 saturated heterocycles. The number of nitrogen functional groups attached to an aromatic ring is 1. The Bertz CT molecular complexity index is 577. The fourth-order valence-corrected chi connectivity index (χ4v) is 1.68. The molecule has 0 aliphatic rings. The monoisotopic (exact) mass is 267 g/mol. The molecule has 6 heteroatoms. The summed E-state index contributed by atoms with van der Waals surface area (Å²) in [7, 11) is 0. The molecule has 0 saturated carbocycles. The van der Waals surface area contributed by atoms with E-state index in [4.69, 9.17) is 5.73 Å². The van der Waals surface area contributed by atoms with Crippen molar-refractivity contribution in [3.8, 4) is 11.3 Å². The number of halogens is 3. The van der Waals surface area contributed by atoms with Gasteiger partial charge in [0.15, 0.2) is 0 Å². The Morgan fingerprint density at radius 3 is 2.26 bits per heavy atom. The summed E-state index contributed by atoms with van der Waals surface area (Å²) in [5.41, 5.74) is 6.74. The number of rotatable bonds is 2. The predicted octanol–water partition coefficient (Wildman–Crippen LogP) is 3.31. The molecule has 1 heterocycles. The zero-order chi connectivity index (χ0) is 14.0. The van der Waals surface area contributed by atoms with Gasteiger partial charge in [-0.2, -0.15) is 13.2 Å². The third-order valence-corrected chi connectivity index (χ3v) is 2.67. The standard InChI is InChI=1S/C13H12F3N3/c1-2-10-7-11(19-12(17)18-10)8-3-5-9(6-4-8)13(14,15)16/h3-7H,2H2,1H3,(H2,17,18,19). The lowest BCUT2D eigenvalue weighted by Crippen LogP contribution is -2.04. The van der Waals surface area contributed by atoms with Crippen molar-refractivity contribution in [1.29, 1.82) is 0 Å². The molecular formula is C13H12F3N3. The fraction of sp³-hybridized carbons (Fsp3) is 0.231. The van der Waals surface area contributed by atoms with Crippen molar-refractivity contribution in [2.45, 2.75) is 19.5 Å². The van der Waals surface area contributed by atoms with E-state index in [2.05, 4.69) is 9.97 Å². The highest BCUT2D eigenvalue weighted by Crippen LogP contribution is 2.30. The highest BCUT2D eigenvalue weighted by Gasteiger charge is 2.30. The average Bonchev–Trinajstić information content (AvgIpc) is 2.37. The van der Waals surface area contributed by atoms with E-state index in [1.807, 2.05) is 6.92 Å². The van der Waals surface area contributed by atoms with Crippen LogP contribution in [0.15, 0.2) is 30.3 Å². The van der Waals surface area contributed by atoms with E-state index in [1.54, 1.807) is 6.07 Å². The van der Waals surface area contributed by atoms with Crippen LogP contribution < -0.4 is 5.73 Å². The molecule has 100 valence electrons. The van der Waals surface area contributed by atoms with Crippen LogP contribution in [0, 0.1) is 0 Å². The van der Waals surface area contributed by atoms with Crippen LogP contribution in [0.3, 0.4) is 0 Å². The fourth-order valence-electron chi connectivity index (χ4n) is 1.68. The van der Waals surface area contributed by atoms with Gasteiger partial charge in [0.05, 0.1) is 11.3 Å². The van der Waals surface area contributed by atoms with E-state index >= 15 is 0 Å². The number of aryl methyl sites for hydroxylation is 1. The van der Waals surface area contributed by atoms with E-state index in [-0.39, 0.29) is 5.95 Å². The summed E-state index contributed by atoms with van der Waals surface area (Å²) < 4.78 is 37.4. The van der Waals surface area contributed by atoms with Crippen molar-refractivity contribution in [3.05, 3.63) is 41.6 Å². The minimum Gasteiger partial charge on any atom is -0.368 e. The number of alkyl halides is 3. The Balaban J connectivity index is 2.40. The summed E-state index contributed by atoms with van der Waals surface area (Å²) in [6, 6.07) is 6.53. The maximum Gasteiger partial charge on any atom is 0.416 e. The Morgan fingerprint density at radius 1 is 1.11 bits per heavy atom. The number of nitrogens with zero attached hydrogens (tertiary/aromatic N) is 2. The third-order valence-electron chi connectivity index (χ3n) is 2.67. The van der Waals surface area contributed by atoms with Gasteiger partial charge in [-0.1, -0.05) is 19.1 Å². The second kappa shape index (κ2) is 4.87. The molecule has 0 fully saturated rings. The third kappa shape index (κ3) is 3.01. The van der Waals surface area contributed by atoms with Crippen molar-refractivity contribution in [2.75, 3.05) is 5.73 Å². The first kappa shape index (κ1) is 13.3. The minimum atomic E-state index is -4.34. The summed E-state index contributed by atoms with van der Waals surface area (Å²) in [4.78, 5) is 8.05. The Hall–Kier alpha value is -2.11. The summed E-state index contributed by atoms with van der Waals surface area (Å²) in [6.07, 6.45) is -3.65. The molecule has 2 N–H and O–H groups in total. The first-order valence-electron chi connectivity index (χ1n) is 5.71. The van der Waals surface area contributed by atoms with Crippen molar-refractivity contribution in [3.63, 3.8) is 0 Å². The number of anilines is 1. The van der Waals surface area contributed by atoms with Gasteiger partial charge in [-0.3, -0.25) is 0 Å². The lowest BCUT2D eigenvalue weighted by molar-refractivity contribution is -0.137. The molecule has 3 nitrogen and oxygen atoms in total. The number of benzene rings is 1. The lowest BCUT2D eigenvalue weighted by Gasteiger charge is -2.08. The van der Waals surface area contributed by atoms with E-state index in [1.165, 1.54) is 12.1 Å². The zero-order valence-electron chi connectivity index (χ0n) is 10.2. The number of hydrogen-bond acceptors (Lipinski definition) is 3. The second-order valence-electron chi connectivity index (χ2n) is 4.03. The molecule has 2 rings (SSSR count). The predicted molar refractivity (Wildman–Crippen MR) is 66.3 cm³/mol. The van der Waals surface area contributed by atoms with Crippen LogP contribution in [0.5, 0.6) is 0 Å². The van der Waals surface area contributed by atoms with Crippen LogP contribution >= 0.6 is 0 Å². The van der Waals surface area contributed by atoms with Gasteiger partial charge in [-0.25, -0.2) is 9.97 Å². The van der Waals surface area contributed by atoms with Crippen molar-refractivity contribution in [2.24, 2.45) is 0 Å². The highest BCUT2D eigenvalue weighted by atomic mass is 19.4. The molecular weight excluding hydrogens is 255 g/mol. The smallest absolute Gasteiger partial charge is 0.368 e. The van der Waals surface area contributed by atoms with Gasteiger partial charge in [-0.15, -0.1) is 0 Å². The number of aromatic nitrogens is 2. The van der Waals surface area contributed by atoms with Gasteiger partial charge in [0, 0.05) is 11.3 Å². The van der Waals surface area contributed by atoms with Crippen LogP contribution in [0.1, 0.15) is 18.2 Å². The molecule has 0 atom stereocenters. The van der Waals surface area contributed by atoms with Crippen LogP contribution in [0.25, 0.3) is 11.3 Å². The molecule has 0 aliphatic carbocycles. The maximum absolute atomic E-state index is 12.5. The normalized spacial score (nSPS) is 11.6. The molecule has 0 aliphatic heterocycles. The van der Waals surface area contributed by atoms with Gasteiger partial charge >= 0.3 is 6.18 Å². The quantitative estimate of drug-likeness (QED) is 0.908. The SMILES string of the molecule is CCc1cc(-c2ccc(C(F)(F)F)cc2)nc(N)n1. The first-order valence-corrected chi connectivity index (χ1v) is 5.71. The number of hydrogen-bond donors (Lipinski definition) is 1. The summed E-state index contributed by atoms with van der Waals surface area (Å²) in [5.74, 6) is 0.120. The van der Waals surface area contributed by atoms with Gasteiger partial charge in [0.25, 0.3) is 0 Å². The first-order chi connectivity index (χ1) is 8.90. The molecule has 0 bridgehead atoms. The van der Waals surface area contributed by atoms with Gasteiger partial charge in [-0.05, 0) is 24.6 Å². The average molecular weight is 267 g/mol. The van der Waals surface area contributed by atoms with Gasteiger partial charge in [0.2, 0.25) is 5.95 Å². The highest BCUT2D eigenvalue weighted by molar-refractivity contribution is 5.61. The lowest BCUT2D eigenvalue weighted by atomic mass is 10.1. The van der Waals surface area contributed by atoms with Gasteiger partial charge in [0.1, 0.15) is 0 Å². The van der Waals surface area contributed by atoms with E-state index < -0.39 is 11.7 Å². The molecule has 0 radical (unpaired) electrons. The van der Waals surface area contributed by atoms with Crippen LogP contribution in [-0.4, -0.2) is 9.97 Å². The van der Waals surface area contributed by atoms with E-state index in [9.17, 15) is 13.2 Å². The topological polar surface area (TPSA) is 51.8 Å². The molecule has 2 aromatic rings. The van der Waals surface area contributed by atoms with E-state index in [0.29, 0.717) is 17.7 Å². The van der Waals surface area contributed by atoms with E-state index in [0.717, 1.165) is 17.8 Å². The van der Waals surface area contributed by atoms with Crippen LogP contribution in [-0.2, 0) is 12.6 Å². The molecule has 0 unspecified atom stereocenters. The maximum atomic E-state index is 12.5. The molecule has 1 aromatic heterocycles. The Kier molecular flexibility index (Phi) is 3.42. The Labute approximate surface area is 108 Å². The summed E-state index contributed by atoms with van der Waals surface area (Å²) in [6.45, 7) is 1.91. The van der Waals surface area contributed by atoms with Crippen LogP contribution in [0.4, 0.5) is 19.1 Å². The van der Waals surface area contributed by atoms with Crippen molar-refractivity contribution < 1.29 is 13.2 Å². The Morgan fingerprint density at radius 2 is 1.74 bits per heavy atom. The van der Waals surface area contributed by atoms with Crippen molar-refractivity contribution >= 4 is 5.95 Å². The van der Waals surface area contributed by atoms with Crippen LogP contribution in [0.2, 0.25) is 0 Å². The second-order valence-corrected chi connectivity index (χ2v) is 4.03.